The number of rotatable bonds is 5. The summed E-state index contributed by atoms with van der Waals surface area (Å²) in [5, 5.41) is 4.44. The maximum absolute atomic E-state index is 6.75. The fourth-order valence-corrected chi connectivity index (χ4v) is 10.9. The summed E-state index contributed by atoms with van der Waals surface area (Å²) in [6, 6.07) is 82.5. The summed E-state index contributed by atoms with van der Waals surface area (Å²) in [6.07, 6.45) is 1.70. The molecule has 0 amide bonds. The molecule has 328 valence electrons. The molecule has 0 N–H and O–H groups in total. The number of nitrogens with zero attached hydrogens (tertiary/aromatic N) is 4. The Morgan fingerprint density at radius 3 is 1.51 bits per heavy atom. The van der Waals surface area contributed by atoms with Gasteiger partial charge in [0.15, 0.2) is 17.5 Å². The Morgan fingerprint density at radius 1 is 0.314 bits per heavy atom. The number of para-hydroxylation sites is 2. The molecule has 0 saturated carbocycles. The molecule has 0 atom stereocenters. The minimum absolute atomic E-state index is 0.562. The number of hydrogen-bond acceptors (Lipinski definition) is 4. The SMILES string of the molecule is c1ccc(-c2nc(-c3ccccc3)nc(-c3cccc4c3oc3ccc(-n5c6ccccc6c6cc(-c7ccc8c(c7)Cc7ccccc7-c7ccccc7Cc7ccccc7-8)ccc65)cc34)n2)cc1. The molecule has 0 saturated heterocycles. The van der Waals surface area contributed by atoms with Crippen molar-refractivity contribution >= 4 is 43.7 Å². The van der Waals surface area contributed by atoms with Crippen LogP contribution in [0.2, 0.25) is 0 Å². The van der Waals surface area contributed by atoms with Crippen LogP contribution < -0.4 is 0 Å². The van der Waals surface area contributed by atoms with Crippen LogP contribution in [0.3, 0.4) is 0 Å². The summed E-state index contributed by atoms with van der Waals surface area (Å²) < 4.78 is 9.14. The summed E-state index contributed by atoms with van der Waals surface area (Å²) >= 11 is 0. The Balaban J connectivity index is 0.884. The van der Waals surface area contributed by atoms with Crippen molar-refractivity contribution in [1.29, 1.82) is 0 Å². The number of furan rings is 1. The van der Waals surface area contributed by atoms with Crippen LogP contribution in [-0.2, 0) is 12.8 Å². The van der Waals surface area contributed by atoms with Gasteiger partial charge in [-0.15, -0.1) is 0 Å². The Kier molecular flexibility index (Phi) is 9.27. The lowest BCUT2D eigenvalue weighted by atomic mass is 9.83. The Labute approximate surface area is 404 Å². The fourth-order valence-electron chi connectivity index (χ4n) is 10.9. The minimum atomic E-state index is 0.562. The predicted octanol–water partition coefficient (Wildman–Crippen LogP) is 16.4. The normalized spacial score (nSPS) is 12.2. The van der Waals surface area contributed by atoms with E-state index in [1.165, 1.54) is 66.4 Å². The highest BCUT2D eigenvalue weighted by atomic mass is 16.3. The molecule has 14 rings (SSSR count). The summed E-state index contributed by atoms with van der Waals surface area (Å²) in [5.74, 6) is 1.79. The van der Waals surface area contributed by atoms with E-state index < -0.39 is 0 Å². The predicted molar refractivity (Wildman–Crippen MR) is 286 cm³/mol. The Morgan fingerprint density at radius 2 is 0.829 bits per heavy atom. The highest BCUT2D eigenvalue weighted by molar-refractivity contribution is 6.12. The van der Waals surface area contributed by atoms with Crippen molar-refractivity contribution in [3.63, 3.8) is 0 Å². The number of benzene rings is 10. The fraction of sp³-hybridized carbons (Fsp3) is 0.0308. The first-order valence-electron chi connectivity index (χ1n) is 23.9. The molecular formula is C65H42N4O. The summed E-state index contributed by atoms with van der Waals surface area (Å²) in [7, 11) is 0. The van der Waals surface area contributed by atoms with Crippen molar-refractivity contribution < 1.29 is 4.42 Å². The number of fused-ring (bicyclic) bond motifs is 12. The van der Waals surface area contributed by atoms with Crippen LogP contribution in [0.1, 0.15) is 22.3 Å². The van der Waals surface area contributed by atoms with E-state index >= 15 is 0 Å². The Bertz CT molecular complexity index is 4130. The monoisotopic (exact) mass is 894 g/mol. The van der Waals surface area contributed by atoms with Crippen molar-refractivity contribution in [2.75, 3.05) is 0 Å². The second-order valence-corrected chi connectivity index (χ2v) is 18.3. The van der Waals surface area contributed by atoms with Gasteiger partial charge in [0.2, 0.25) is 0 Å². The standard InChI is InChI=1S/C65H42N4O/c1-3-16-41(17-4-1)63-66-64(42-18-5-2-6-19-42)68-65(67-63)56-28-15-27-55-58-40-49(32-35-61(58)70-62(55)56)69-59-29-14-13-26-54(59)57-39-44(31-34-60(57)69)43-30-33-53-48(36-43)38-47-22-9-11-24-51(47)50-23-10-7-20-45(50)37-46-21-8-12-25-52(46)53/h1-36,39-40H,37-38H2. The van der Waals surface area contributed by atoms with E-state index in [2.05, 4.69) is 168 Å². The van der Waals surface area contributed by atoms with E-state index in [1.807, 2.05) is 66.7 Å². The van der Waals surface area contributed by atoms with Gasteiger partial charge >= 0.3 is 0 Å². The molecule has 1 aliphatic carbocycles. The van der Waals surface area contributed by atoms with Crippen LogP contribution in [0, 0.1) is 0 Å². The smallest absolute Gasteiger partial charge is 0.167 e. The van der Waals surface area contributed by atoms with Crippen molar-refractivity contribution in [2.24, 2.45) is 0 Å². The third kappa shape index (κ3) is 6.66. The average Bonchev–Trinajstić information content (AvgIpc) is 3.97. The third-order valence-electron chi connectivity index (χ3n) is 14.2. The van der Waals surface area contributed by atoms with Crippen LogP contribution in [-0.4, -0.2) is 19.5 Å². The molecule has 10 aromatic carbocycles. The quantitative estimate of drug-likeness (QED) is 0.173. The molecule has 5 nitrogen and oxygen atoms in total. The molecular weight excluding hydrogens is 853 g/mol. The molecule has 0 bridgehead atoms. The lowest BCUT2D eigenvalue weighted by Gasteiger charge is -2.21. The van der Waals surface area contributed by atoms with Gasteiger partial charge in [-0.3, -0.25) is 0 Å². The van der Waals surface area contributed by atoms with Gasteiger partial charge in [-0.25, -0.2) is 15.0 Å². The van der Waals surface area contributed by atoms with Crippen molar-refractivity contribution in [1.82, 2.24) is 19.5 Å². The molecule has 0 fully saturated rings. The largest absolute Gasteiger partial charge is 0.455 e. The molecule has 0 aliphatic heterocycles. The highest BCUT2D eigenvalue weighted by Crippen LogP contribution is 2.42. The van der Waals surface area contributed by atoms with Crippen molar-refractivity contribution in [3.8, 4) is 73.2 Å². The van der Waals surface area contributed by atoms with Crippen molar-refractivity contribution in [3.05, 3.63) is 253 Å². The number of aromatic nitrogens is 4. The van der Waals surface area contributed by atoms with Crippen LogP contribution in [0.5, 0.6) is 0 Å². The van der Waals surface area contributed by atoms with Crippen LogP contribution in [0.15, 0.2) is 235 Å². The van der Waals surface area contributed by atoms with Gasteiger partial charge in [-0.05, 0) is 111 Å². The first kappa shape index (κ1) is 39.9. The molecule has 70 heavy (non-hydrogen) atoms. The second kappa shape index (κ2) is 16.3. The average molecular weight is 895 g/mol. The van der Waals surface area contributed by atoms with Crippen LogP contribution in [0.4, 0.5) is 0 Å². The van der Waals surface area contributed by atoms with Gasteiger partial charge in [0.1, 0.15) is 11.2 Å². The zero-order chi connectivity index (χ0) is 46.1. The zero-order valence-electron chi connectivity index (χ0n) is 38.1. The first-order valence-corrected chi connectivity index (χ1v) is 23.9. The van der Waals surface area contributed by atoms with Crippen molar-refractivity contribution in [2.45, 2.75) is 12.8 Å². The van der Waals surface area contributed by atoms with Crippen LogP contribution >= 0.6 is 0 Å². The van der Waals surface area contributed by atoms with E-state index in [-0.39, 0.29) is 0 Å². The van der Waals surface area contributed by atoms with Gasteiger partial charge in [0.05, 0.1) is 16.6 Å². The van der Waals surface area contributed by atoms with E-state index in [4.69, 9.17) is 19.4 Å². The summed E-state index contributed by atoms with van der Waals surface area (Å²) in [5.41, 5.74) is 20.5. The molecule has 5 heteroatoms. The number of hydrogen-bond donors (Lipinski definition) is 0. The first-order chi connectivity index (χ1) is 34.7. The van der Waals surface area contributed by atoms with Crippen LogP contribution in [0.25, 0.3) is 117 Å². The van der Waals surface area contributed by atoms with E-state index in [1.54, 1.807) is 0 Å². The van der Waals surface area contributed by atoms with Gasteiger partial charge in [-0.1, -0.05) is 188 Å². The lowest BCUT2D eigenvalue weighted by Crippen LogP contribution is -2.02. The van der Waals surface area contributed by atoms with Gasteiger partial charge in [-0.2, -0.15) is 0 Å². The highest BCUT2D eigenvalue weighted by Gasteiger charge is 2.22. The lowest BCUT2D eigenvalue weighted by molar-refractivity contribution is 0.669. The van der Waals surface area contributed by atoms with E-state index in [0.29, 0.717) is 17.5 Å². The topological polar surface area (TPSA) is 56.7 Å². The maximum atomic E-state index is 6.75. The maximum Gasteiger partial charge on any atom is 0.167 e. The second-order valence-electron chi connectivity index (χ2n) is 18.3. The minimum Gasteiger partial charge on any atom is -0.455 e. The Hall–Kier alpha value is -9.19. The van der Waals surface area contributed by atoms with Gasteiger partial charge in [0, 0.05) is 38.4 Å². The molecule has 3 aromatic heterocycles. The molecule has 1 aliphatic rings. The molecule has 0 unspecified atom stereocenters. The summed E-state index contributed by atoms with van der Waals surface area (Å²) in [6.45, 7) is 0. The van der Waals surface area contributed by atoms with Gasteiger partial charge in [0.25, 0.3) is 0 Å². The molecule has 0 radical (unpaired) electrons. The summed E-state index contributed by atoms with van der Waals surface area (Å²) in [4.78, 5) is 15.0. The molecule has 13 aromatic rings. The molecule has 0 spiro atoms. The van der Waals surface area contributed by atoms with E-state index in [0.717, 1.165) is 68.2 Å². The third-order valence-corrected chi connectivity index (χ3v) is 14.2. The van der Waals surface area contributed by atoms with E-state index in [9.17, 15) is 0 Å². The molecule has 3 heterocycles. The van der Waals surface area contributed by atoms with Gasteiger partial charge < -0.3 is 8.98 Å². The zero-order valence-corrected chi connectivity index (χ0v) is 38.1.